The van der Waals surface area contributed by atoms with Crippen LogP contribution >= 0.6 is 0 Å². The van der Waals surface area contributed by atoms with Gasteiger partial charge in [0.2, 0.25) is 5.91 Å². The number of rotatable bonds is 3. The van der Waals surface area contributed by atoms with E-state index in [1.807, 2.05) is 18.3 Å². The Hall–Kier alpha value is -1.42. The average Bonchev–Trinajstić information content (AvgIpc) is 2.97. The number of amides is 1. The van der Waals surface area contributed by atoms with Crippen molar-refractivity contribution in [3.05, 3.63) is 30.1 Å². The lowest BCUT2D eigenvalue weighted by atomic mass is 10.0. The third kappa shape index (κ3) is 2.50. The monoisotopic (exact) mass is 259 g/mol. The van der Waals surface area contributed by atoms with E-state index in [1.54, 1.807) is 6.20 Å². The summed E-state index contributed by atoms with van der Waals surface area (Å²) in [6.45, 7) is 4.22. The Bertz CT molecular complexity index is 448. The van der Waals surface area contributed by atoms with E-state index in [4.69, 9.17) is 0 Å². The van der Waals surface area contributed by atoms with E-state index >= 15 is 0 Å². The fourth-order valence-corrected chi connectivity index (χ4v) is 3.52. The van der Waals surface area contributed by atoms with Crippen molar-refractivity contribution < 1.29 is 4.79 Å². The van der Waals surface area contributed by atoms with E-state index in [0.29, 0.717) is 30.3 Å². The van der Waals surface area contributed by atoms with E-state index < -0.39 is 0 Å². The summed E-state index contributed by atoms with van der Waals surface area (Å²) in [6, 6.07) is 4.79. The molecule has 102 valence electrons. The SMILES string of the molecule is CC1CC2CNCC2N1C(=O)CCc1cccnc1. The van der Waals surface area contributed by atoms with Gasteiger partial charge in [0.25, 0.3) is 0 Å². The highest BCUT2D eigenvalue weighted by atomic mass is 16.2. The smallest absolute Gasteiger partial charge is 0.223 e. The number of fused-ring (bicyclic) bond motifs is 1. The number of nitrogens with one attached hydrogen (secondary N) is 1. The second-order valence-corrected chi connectivity index (χ2v) is 5.73. The van der Waals surface area contributed by atoms with Crippen LogP contribution in [0.25, 0.3) is 0 Å². The van der Waals surface area contributed by atoms with Gasteiger partial charge in [-0.25, -0.2) is 0 Å². The quantitative estimate of drug-likeness (QED) is 0.888. The summed E-state index contributed by atoms with van der Waals surface area (Å²) >= 11 is 0. The number of nitrogens with zero attached hydrogens (tertiary/aromatic N) is 2. The Morgan fingerprint density at radius 1 is 1.53 bits per heavy atom. The molecular formula is C15H21N3O. The molecule has 2 saturated heterocycles. The Kier molecular flexibility index (Phi) is 3.51. The molecule has 0 aromatic carbocycles. The van der Waals surface area contributed by atoms with Gasteiger partial charge in [0.1, 0.15) is 0 Å². The van der Waals surface area contributed by atoms with Gasteiger partial charge < -0.3 is 10.2 Å². The van der Waals surface area contributed by atoms with Crippen molar-refractivity contribution in [3.63, 3.8) is 0 Å². The van der Waals surface area contributed by atoms with Crippen LogP contribution in [0, 0.1) is 5.92 Å². The first-order chi connectivity index (χ1) is 9.25. The molecule has 19 heavy (non-hydrogen) atoms. The number of aryl methyl sites for hydroxylation is 1. The molecule has 3 atom stereocenters. The fourth-order valence-electron chi connectivity index (χ4n) is 3.52. The Labute approximate surface area is 114 Å². The summed E-state index contributed by atoms with van der Waals surface area (Å²) in [5.74, 6) is 0.963. The van der Waals surface area contributed by atoms with Crippen molar-refractivity contribution in [2.24, 2.45) is 5.92 Å². The minimum Gasteiger partial charge on any atom is -0.335 e. The van der Waals surface area contributed by atoms with Crippen LogP contribution in [0.2, 0.25) is 0 Å². The molecule has 3 rings (SSSR count). The molecule has 1 aromatic rings. The lowest BCUT2D eigenvalue weighted by molar-refractivity contribution is -0.133. The van der Waals surface area contributed by atoms with E-state index in [9.17, 15) is 4.79 Å². The molecule has 3 unspecified atom stereocenters. The average molecular weight is 259 g/mol. The van der Waals surface area contributed by atoms with E-state index in [0.717, 1.165) is 31.5 Å². The van der Waals surface area contributed by atoms with Crippen LogP contribution < -0.4 is 5.32 Å². The molecule has 0 spiro atoms. The highest BCUT2D eigenvalue weighted by Crippen LogP contribution is 2.32. The Balaban J connectivity index is 1.61. The maximum atomic E-state index is 12.4. The van der Waals surface area contributed by atoms with Crippen LogP contribution in [-0.2, 0) is 11.2 Å². The van der Waals surface area contributed by atoms with Gasteiger partial charge in [0.15, 0.2) is 0 Å². The predicted octanol–water partition coefficient (Wildman–Crippen LogP) is 1.22. The highest BCUT2D eigenvalue weighted by Gasteiger charge is 2.43. The van der Waals surface area contributed by atoms with Crippen molar-refractivity contribution in [2.75, 3.05) is 13.1 Å². The van der Waals surface area contributed by atoms with Crippen molar-refractivity contribution in [3.8, 4) is 0 Å². The standard InChI is InChI=1S/C15H21N3O/c1-11-7-13-9-17-10-14(13)18(11)15(19)5-4-12-3-2-6-16-8-12/h2-3,6,8,11,13-14,17H,4-5,7,9-10H2,1H3. The third-order valence-corrected chi connectivity index (χ3v) is 4.42. The van der Waals surface area contributed by atoms with Gasteiger partial charge in [0, 0.05) is 44.0 Å². The lowest BCUT2D eigenvalue weighted by Gasteiger charge is -2.27. The summed E-state index contributed by atoms with van der Waals surface area (Å²) < 4.78 is 0. The number of hydrogen-bond donors (Lipinski definition) is 1. The number of likely N-dealkylation sites (tertiary alicyclic amines) is 1. The highest BCUT2D eigenvalue weighted by molar-refractivity contribution is 5.77. The fraction of sp³-hybridized carbons (Fsp3) is 0.600. The lowest BCUT2D eigenvalue weighted by Crippen LogP contribution is -2.42. The number of carbonyl (C=O) groups excluding carboxylic acids is 1. The second kappa shape index (κ2) is 5.29. The zero-order chi connectivity index (χ0) is 13.2. The molecule has 2 fully saturated rings. The molecular weight excluding hydrogens is 238 g/mol. The van der Waals surface area contributed by atoms with Crippen LogP contribution in [0.15, 0.2) is 24.5 Å². The number of carbonyl (C=O) groups is 1. The molecule has 4 nitrogen and oxygen atoms in total. The number of hydrogen-bond acceptors (Lipinski definition) is 3. The van der Waals surface area contributed by atoms with Crippen LogP contribution in [-0.4, -0.2) is 41.0 Å². The molecule has 0 saturated carbocycles. The topological polar surface area (TPSA) is 45.2 Å². The number of aromatic nitrogens is 1. The third-order valence-electron chi connectivity index (χ3n) is 4.42. The van der Waals surface area contributed by atoms with E-state index in [2.05, 4.69) is 22.1 Å². The maximum absolute atomic E-state index is 12.4. The minimum absolute atomic E-state index is 0.299. The van der Waals surface area contributed by atoms with E-state index in [-0.39, 0.29) is 0 Å². The maximum Gasteiger partial charge on any atom is 0.223 e. The molecule has 0 aliphatic carbocycles. The van der Waals surface area contributed by atoms with Gasteiger partial charge in [0.05, 0.1) is 0 Å². The predicted molar refractivity (Wildman–Crippen MR) is 73.6 cm³/mol. The molecule has 1 amide bonds. The second-order valence-electron chi connectivity index (χ2n) is 5.73. The number of pyridine rings is 1. The van der Waals surface area contributed by atoms with Crippen LogP contribution in [0.3, 0.4) is 0 Å². The first-order valence-electron chi connectivity index (χ1n) is 7.16. The zero-order valence-corrected chi connectivity index (χ0v) is 11.4. The molecule has 1 N–H and O–H groups in total. The van der Waals surface area contributed by atoms with Gasteiger partial charge in [-0.2, -0.15) is 0 Å². The van der Waals surface area contributed by atoms with Crippen LogP contribution in [0.5, 0.6) is 0 Å². The largest absolute Gasteiger partial charge is 0.335 e. The Morgan fingerprint density at radius 3 is 3.21 bits per heavy atom. The van der Waals surface area contributed by atoms with Gasteiger partial charge in [-0.1, -0.05) is 6.07 Å². The molecule has 2 aliphatic heterocycles. The van der Waals surface area contributed by atoms with E-state index in [1.165, 1.54) is 0 Å². The summed E-state index contributed by atoms with van der Waals surface area (Å²) in [4.78, 5) is 18.7. The normalized spacial score (nSPS) is 29.5. The van der Waals surface area contributed by atoms with Gasteiger partial charge in [-0.3, -0.25) is 9.78 Å². The van der Waals surface area contributed by atoms with Gasteiger partial charge in [-0.15, -0.1) is 0 Å². The molecule has 0 bridgehead atoms. The van der Waals surface area contributed by atoms with Crippen molar-refractivity contribution in [2.45, 2.75) is 38.3 Å². The summed E-state index contributed by atoms with van der Waals surface area (Å²) in [5, 5.41) is 3.40. The van der Waals surface area contributed by atoms with Crippen LogP contribution in [0.1, 0.15) is 25.3 Å². The van der Waals surface area contributed by atoms with Gasteiger partial charge >= 0.3 is 0 Å². The first-order valence-corrected chi connectivity index (χ1v) is 7.16. The van der Waals surface area contributed by atoms with Crippen molar-refractivity contribution in [1.82, 2.24) is 15.2 Å². The summed E-state index contributed by atoms with van der Waals surface area (Å²) in [5.41, 5.74) is 1.14. The molecule has 4 heteroatoms. The van der Waals surface area contributed by atoms with Crippen molar-refractivity contribution in [1.29, 1.82) is 0 Å². The van der Waals surface area contributed by atoms with Gasteiger partial charge in [-0.05, 0) is 37.3 Å². The Morgan fingerprint density at radius 2 is 2.42 bits per heavy atom. The summed E-state index contributed by atoms with van der Waals surface area (Å²) in [6.07, 6.45) is 6.15. The zero-order valence-electron chi connectivity index (χ0n) is 11.4. The van der Waals surface area contributed by atoms with Crippen molar-refractivity contribution >= 4 is 5.91 Å². The first kappa shape index (κ1) is 12.6. The van der Waals surface area contributed by atoms with Crippen LogP contribution in [0.4, 0.5) is 0 Å². The summed E-state index contributed by atoms with van der Waals surface area (Å²) in [7, 11) is 0. The minimum atomic E-state index is 0.299. The molecule has 3 heterocycles. The molecule has 1 aromatic heterocycles. The molecule has 2 aliphatic rings. The molecule has 0 radical (unpaired) electrons.